The Kier molecular flexibility index (Phi) is 6.66. The van der Waals surface area contributed by atoms with Crippen molar-refractivity contribution >= 4 is 12.6 Å². The van der Waals surface area contributed by atoms with E-state index in [1.165, 1.54) is 12.5 Å². The molecule has 0 aliphatic carbocycles. The number of rotatable bonds is 1. The van der Waals surface area contributed by atoms with Crippen LogP contribution in [-0.2, 0) is 0 Å². The van der Waals surface area contributed by atoms with Gasteiger partial charge in [0.25, 0.3) is 0 Å². The molecule has 0 spiro atoms. The van der Waals surface area contributed by atoms with Gasteiger partial charge in [0.15, 0.2) is 0 Å². The Bertz CT molecular complexity index is 306. The van der Waals surface area contributed by atoms with Crippen LogP contribution in [0.15, 0.2) is 17.0 Å². The molecule has 0 saturated heterocycles. The lowest BCUT2D eigenvalue weighted by molar-refractivity contribution is 0.618. The van der Waals surface area contributed by atoms with E-state index in [0.29, 0.717) is 5.92 Å². The van der Waals surface area contributed by atoms with Crippen LogP contribution in [0.4, 0.5) is 4.39 Å². The van der Waals surface area contributed by atoms with E-state index in [4.69, 9.17) is 0 Å². The average molecular weight is 228 g/mol. The fourth-order valence-electron chi connectivity index (χ4n) is 1.28. The van der Waals surface area contributed by atoms with Gasteiger partial charge in [0.1, 0.15) is 5.82 Å². The summed E-state index contributed by atoms with van der Waals surface area (Å²) in [5.74, 6) is 0.154. The van der Waals surface area contributed by atoms with E-state index < -0.39 is 0 Å². The van der Waals surface area contributed by atoms with Crippen LogP contribution >= 0.6 is 12.6 Å². The molecule has 15 heavy (non-hydrogen) atoms. The zero-order valence-corrected chi connectivity index (χ0v) is 11.2. The first kappa shape index (κ1) is 14.5. The van der Waals surface area contributed by atoms with Crippen LogP contribution in [0.25, 0.3) is 0 Å². The predicted molar refractivity (Wildman–Crippen MR) is 68.4 cm³/mol. The van der Waals surface area contributed by atoms with Crippen LogP contribution in [0.3, 0.4) is 0 Å². The second kappa shape index (κ2) is 6.89. The van der Waals surface area contributed by atoms with Crippen LogP contribution < -0.4 is 0 Å². The van der Waals surface area contributed by atoms with Crippen molar-refractivity contribution in [2.45, 2.75) is 51.9 Å². The highest BCUT2D eigenvalue weighted by molar-refractivity contribution is 7.80. The zero-order valence-electron chi connectivity index (χ0n) is 10.3. The van der Waals surface area contributed by atoms with Crippen molar-refractivity contribution in [3.8, 4) is 0 Å². The third-order valence-electron chi connectivity index (χ3n) is 2.01. The number of thiol groups is 1. The van der Waals surface area contributed by atoms with Crippen LogP contribution in [0.5, 0.6) is 0 Å². The van der Waals surface area contributed by atoms with Gasteiger partial charge < -0.3 is 0 Å². The summed E-state index contributed by atoms with van der Waals surface area (Å²) in [5.41, 5.74) is 2.12. The van der Waals surface area contributed by atoms with Crippen molar-refractivity contribution in [3.05, 3.63) is 29.1 Å². The summed E-state index contributed by atoms with van der Waals surface area (Å²) in [6.45, 7) is 10.3. The summed E-state index contributed by atoms with van der Waals surface area (Å²) in [7, 11) is 0. The smallest absolute Gasteiger partial charge is 0.124 e. The summed E-state index contributed by atoms with van der Waals surface area (Å²) >= 11 is 4.19. The molecule has 0 radical (unpaired) electrons. The largest absolute Gasteiger partial charge is 0.207 e. The zero-order chi connectivity index (χ0) is 12.0. The molecule has 0 fully saturated rings. The van der Waals surface area contributed by atoms with Crippen LogP contribution in [-0.4, -0.2) is 0 Å². The van der Waals surface area contributed by atoms with E-state index in [1.807, 2.05) is 6.92 Å². The summed E-state index contributed by atoms with van der Waals surface area (Å²) in [5, 5.41) is 0. The molecular formula is C13H21FS. The molecule has 0 unspecified atom stereocenters. The lowest BCUT2D eigenvalue weighted by Gasteiger charge is -2.11. The Morgan fingerprint density at radius 3 is 2.13 bits per heavy atom. The van der Waals surface area contributed by atoms with Gasteiger partial charge in [-0.25, -0.2) is 4.39 Å². The average Bonchev–Trinajstić information content (AvgIpc) is 2.12. The minimum absolute atomic E-state index is 0.200. The highest BCUT2D eigenvalue weighted by Gasteiger charge is 2.07. The van der Waals surface area contributed by atoms with E-state index in [9.17, 15) is 4.39 Å². The van der Waals surface area contributed by atoms with Crippen LogP contribution in [0.2, 0.25) is 0 Å². The third-order valence-corrected chi connectivity index (χ3v) is 2.47. The first-order valence-electron chi connectivity index (χ1n) is 5.42. The fraction of sp³-hybridized carbons (Fsp3) is 0.538. The van der Waals surface area contributed by atoms with E-state index >= 15 is 0 Å². The standard InChI is InChI=1S/C10H13FS.C3H8/c1-6(2)9-4-8(11)5-10(12)7(9)3;1-3-2/h4-6,12H,1-3H3;3H2,1-2H3. The molecule has 0 aromatic heterocycles. The molecule has 0 aliphatic heterocycles. The van der Waals surface area contributed by atoms with Gasteiger partial charge in [-0.3, -0.25) is 0 Å². The van der Waals surface area contributed by atoms with Gasteiger partial charge in [-0.1, -0.05) is 34.1 Å². The lowest BCUT2D eigenvalue weighted by atomic mass is 9.98. The molecule has 0 bridgehead atoms. The van der Waals surface area contributed by atoms with E-state index in [-0.39, 0.29) is 5.82 Å². The monoisotopic (exact) mass is 228 g/mol. The van der Waals surface area contributed by atoms with Crippen LogP contribution in [0, 0.1) is 12.7 Å². The molecule has 86 valence electrons. The van der Waals surface area contributed by atoms with Gasteiger partial charge >= 0.3 is 0 Å². The maximum Gasteiger partial charge on any atom is 0.124 e. The fourth-order valence-corrected chi connectivity index (χ4v) is 1.54. The normalized spacial score (nSPS) is 9.87. The second-order valence-electron chi connectivity index (χ2n) is 4.00. The Balaban J connectivity index is 0.000000583. The number of hydrogen-bond donors (Lipinski definition) is 1. The second-order valence-corrected chi connectivity index (χ2v) is 4.48. The van der Waals surface area contributed by atoms with Crippen molar-refractivity contribution in [1.29, 1.82) is 0 Å². The Labute approximate surface area is 98.3 Å². The molecule has 0 N–H and O–H groups in total. The molecular weight excluding hydrogens is 207 g/mol. The molecule has 0 heterocycles. The maximum atomic E-state index is 12.9. The number of hydrogen-bond acceptors (Lipinski definition) is 1. The molecule has 0 nitrogen and oxygen atoms in total. The van der Waals surface area contributed by atoms with Crippen LogP contribution in [0.1, 0.15) is 51.2 Å². The number of benzene rings is 1. The molecule has 0 aliphatic rings. The quantitative estimate of drug-likeness (QED) is 0.645. The molecule has 1 aromatic rings. The highest BCUT2D eigenvalue weighted by atomic mass is 32.1. The van der Waals surface area contributed by atoms with Gasteiger partial charge in [0.2, 0.25) is 0 Å². The van der Waals surface area contributed by atoms with Crippen molar-refractivity contribution < 1.29 is 4.39 Å². The molecule has 1 aromatic carbocycles. The molecule has 0 atom stereocenters. The Morgan fingerprint density at radius 2 is 1.73 bits per heavy atom. The molecule has 1 rings (SSSR count). The molecule has 2 heteroatoms. The van der Waals surface area contributed by atoms with Crippen molar-refractivity contribution in [3.63, 3.8) is 0 Å². The summed E-state index contributed by atoms with van der Waals surface area (Å²) in [6, 6.07) is 3.03. The Morgan fingerprint density at radius 1 is 1.27 bits per heavy atom. The van der Waals surface area contributed by atoms with Crippen molar-refractivity contribution in [2.24, 2.45) is 0 Å². The van der Waals surface area contributed by atoms with Gasteiger partial charge in [-0.15, -0.1) is 12.6 Å². The minimum atomic E-state index is -0.200. The third kappa shape index (κ3) is 4.70. The van der Waals surface area contributed by atoms with Crippen molar-refractivity contribution in [1.82, 2.24) is 0 Å². The maximum absolute atomic E-state index is 12.9. The van der Waals surface area contributed by atoms with Gasteiger partial charge in [-0.2, -0.15) is 0 Å². The van der Waals surface area contributed by atoms with Gasteiger partial charge in [0, 0.05) is 4.90 Å². The summed E-state index contributed by atoms with van der Waals surface area (Å²) < 4.78 is 12.9. The molecule has 0 saturated carbocycles. The topological polar surface area (TPSA) is 0 Å². The SMILES string of the molecule is CCC.Cc1c(S)cc(F)cc1C(C)C. The highest BCUT2D eigenvalue weighted by Crippen LogP contribution is 2.25. The lowest BCUT2D eigenvalue weighted by Crippen LogP contribution is -1.94. The van der Waals surface area contributed by atoms with E-state index in [2.05, 4.69) is 40.3 Å². The first-order valence-corrected chi connectivity index (χ1v) is 5.87. The minimum Gasteiger partial charge on any atom is -0.207 e. The van der Waals surface area contributed by atoms with E-state index in [0.717, 1.165) is 16.0 Å². The predicted octanol–water partition coefficient (Wildman–Crippen LogP) is 4.96. The van der Waals surface area contributed by atoms with Crippen molar-refractivity contribution in [2.75, 3.05) is 0 Å². The summed E-state index contributed by atoms with van der Waals surface area (Å²) in [6.07, 6.45) is 1.25. The van der Waals surface area contributed by atoms with Gasteiger partial charge in [0.05, 0.1) is 0 Å². The Hall–Kier alpha value is -0.500. The van der Waals surface area contributed by atoms with E-state index in [1.54, 1.807) is 6.07 Å². The number of halogens is 1. The summed E-state index contributed by atoms with van der Waals surface area (Å²) in [4.78, 5) is 0.735. The molecule has 0 amide bonds. The van der Waals surface area contributed by atoms with Gasteiger partial charge in [-0.05, 0) is 36.1 Å². The first-order chi connectivity index (χ1) is 6.93.